The number of rotatable bonds is 6. The molecule has 2 N–H and O–H groups in total. The van der Waals surface area contributed by atoms with Gasteiger partial charge in [-0.1, -0.05) is 87.7 Å². The molecule has 2 saturated heterocycles. The largest absolute Gasteiger partial charge is 0.504 e. The van der Waals surface area contributed by atoms with Gasteiger partial charge in [-0.2, -0.15) is 5.01 Å². The minimum Gasteiger partial charge on any atom is -0.504 e. The summed E-state index contributed by atoms with van der Waals surface area (Å²) in [4.78, 5) is 59.7. The number of hydrogen-bond donors (Lipinski definition) is 2. The van der Waals surface area contributed by atoms with E-state index in [9.17, 15) is 19.5 Å². The first-order valence-electron chi connectivity index (χ1n) is 16.6. The van der Waals surface area contributed by atoms with E-state index < -0.39 is 46.8 Å². The molecular formula is C40H34BrN3O6. The average Bonchev–Trinajstić information content (AvgIpc) is 3.51. The number of halogens is 1. The van der Waals surface area contributed by atoms with Crippen LogP contribution in [0.1, 0.15) is 35.4 Å². The van der Waals surface area contributed by atoms with Gasteiger partial charge in [0.2, 0.25) is 11.8 Å². The van der Waals surface area contributed by atoms with Crippen molar-refractivity contribution >= 4 is 50.9 Å². The van der Waals surface area contributed by atoms with Crippen molar-refractivity contribution in [3.05, 3.63) is 130 Å². The summed E-state index contributed by atoms with van der Waals surface area (Å²) in [6.07, 6.45) is 2.41. The molecule has 3 fully saturated rings. The Hall–Kier alpha value is -5.22. The van der Waals surface area contributed by atoms with E-state index in [0.717, 1.165) is 20.6 Å². The van der Waals surface area contributed by atoms with Crippen LogP contribution in [0.4, 0.5) is 11.4 Å². The van der Waals surface area contributed by atoms with Crippen molar-refractivity contribution in [1.29, 1.82) is 0 Å². The lowest BCUT2D eigenvalue weighted by Crippen LogP contribution is -2.53. The topological polar surface area (TPSA) is 116 Å². The standard InChI is InChI=1S/C40H34BrN3O6/c1-22-11-15-25(16-12-22)42-44-37(47)31-21-30-27(19-20-28-33(30)38(48)43(36(28)46)26-17-13-24(41)14-18-26)34(29-9-6-10-32(50-2)35(29)45)40(31,39(44)49)23-7-4-3-5-8-23/h3-19,28,30-31,33-34,42,45H,20-21H2,1-2H3/t28-,30+,31-,33-,34+,40+/m0/s1. The van der Waals surface area contributed by atoms with Crippen LogP contribution in [0, 0.1) is 30.6 Å². The fourth-order valence-electron chi connectivity index (χ4n) is 8.87. The van der Waals surface area contributed by atoms with Crippen LogP contribution in [-0.2, 0) is 24.6 Å². The molecule has 0 spiro atoms. The second kappa shape index (κ2) is 12.0. The van der Waals surface area contributed by atoms with E-state index in [0.29, 0.717) is 22.5 Å². The maximum Gasteiger partial charge on any atom is 0.260 e. The van der Waals surface area contributed by atoms with Gasteiger partial charge in [0, 0.05) is 16.0 Å². The minimum atomic E-state index is -1.49. The average molecular weight is 733 g/mol. The molecule has 2 aliphatic heterocycles. The van der Waals surface area contributed by atoms with Gasteiger partial charge in [0.15, 0.2) is 11.5 Å². The van der Waals surface area contributed by atoms with E-state index in [1.165, 1.54) is 12.0 Å². The molecule has 0 bridgehead atoms. The first kappa shape index (κ1) is 32.0. The number of para-hydroxylation sites is 1. The first-order valence-corrected chi connectivity index (χ1v) is 17.4. The number of phenols is 1. The van der Waals surface area contributed by atoms with Gasteiger partial charge >= 0.3 is 0 Å². The highest BCUT2D eigenvalue weighted by molar-refractivity contribution is 9.10. The summed E-state index contributed by atoms with van der Waals surface area (Å²) >= 11 is 3.43. The Bertz CT molecular complexity index is 2080. The molecule has 252 valence electrons. The number of fused-ring (bicyclic) bond motifs is 4. The molecule has 6 atom stereocenters. The van der Waals surface area contributed by atoms with Crippen molar-refractivity contribution in [3.8, 4) is 11.5 Å². The van der Waals surface area contributed by atoms with Crippen molar-refractivity contribution in [2.75, 3.05) is 17.4 Å². The van der Waals surface area contributed by atoms with Crippen LogP contribution < -0.4 is 15.1 Å². The van der Waals surface area contributed by atoms with Gasteiger partial charge in [-0.25, -0.2) is 0 Å². The van der Waals surface area contributed by atoms with Crippen molar-refractivity contribution in [1.82, 2.24) is 5.01 Å². The van der Waals surface area contributed by atoms with Crippen molar-refractivity contribution in [2.45, 2.75) is 31.1 Å². The molecule has 8 rings (SSSR count). The van der Waals surface area contributed by atoms with Crippen LogP contribution in [-0.4, -0.2) is 40.9 Å². The number of ether oxygens (including phenoxy) is 1. The summed E-state index contributed by atoms with van der Waals surface area (Å²) in [7, 11) is 1.46. The number of allylic oxidation sites excluding steroid dienone is 2. The normalized spacial score (nSPS) is 27.1. The number of anilines is 2. The van der Waals surface area contributed by atoms with E-state index >= 15 is 4.79 Å². The Morgan fingerprint density at radius 2 is 1.56 bits per heavy atom. The number of methoxy groups -OCH3 is 1. The highest BCUT2D eigenvalue weighted by Crippen LogP contribution is 2.65. The van der Waals surface area contributed by atoms with Crippen LogP contribution in [0.25, 0.3) is 0 Å². The van der Waals surface area contributed by atoms with Gasteiger partial charge in [-0.3, -0.25) is 29.5 Å². The van der Waals surface area contributed by atoms with Crippen LogP contribution in [0.3, 0.4) is 0 Å². The predicted octanol–water partition coefficient (Wildman–Crippen LogP) is 6.66. The molecule has 10 heteroatoms. The molecule has 2 heterocycles. The van der Waals surface area contributed by atoms with Gasteiger partial charge in [0.05, 0.1) is 41.7 Å². The molecule has 0 unspecified atom stereocenters. The van der Waals surface area contributed by atoms with Crippen molar-refractivity contribution in [2.24, 2.45) is 23.7 Å². The molecule has 2 aliphatic carbocycles. The number of phenolic OH excluding ortho intramolecular Hbond substituents is 1. The van der Waals surface area contributed by atoms with Crippen LogP contribution in [0.2, 0.25) is 0 Å². The lowest BCUT2D eigenvalue weighted by atomic mass is 9.49. The Morgan fingerprint density at radius 1 is 0.840 bits per heavy atom. The zero-order valence-electron chi connectivity index (χ0n) is 27.4. The summed E-state index contributed by atoms with van der Waals surface area (Å²) in [6.45, 7) is 1.95. The number of benzene rings is 4. The zero-order chi connectivity index (χ0) is 34.9. The second-order valence-corrected chi connectivity index (χ2v) is 14.4. The number of nitrogens with one attached hydrogen (secondary N) is 1. The molecule has 9 nitrogen and oxygen atoms in total. The lowest BCUT2D eigenvalue weighted by Gasteiger charge is -2.50. The third-order valence-corrected chi connectivity index (χ3v) is 11.6. The summed E-state index contributed by atoms with van der Waals surface area (Å²) in [6, 6.07) is 28.8. The van der Waals surface area contributed by atoms with Gasteiger partial charge in [0.25, 0.3) is 11.8 Å². The third kappa shape index (κ3) is 4.57. The Kier molecular flexibility index (Phi) is 7.67. The number of amides is 4. The number of nitrogens with zero attached hydrogens (tertiary/aromatic N) is 2. The fourth-order valence-corrected chi connectivity index (χ4v) is 9.14. The molecule has 0 radical (unpaired) electrons. The number of aromatic hydroxyl groups is 1. The predicted molar refractivity (Wildman–Crippen MR) is 190 cm³/mol. The van der Waals surface area contributed by atoms with E-state index in [2.05, 4.69) is 21.4 Å². The lowest BCUT2D eigenvalue weighted by molar-refractivity contribution is -0.138. The summed E-state index contributed by atoms with van der Waals surface area (Å²) in [5.41, 5.74) is 5.47. The molecule has 50 heavy (non-hydrogen) atoms. The van der Waals surface area contributed by atoms with Crippen LogP contribution >= 0.6 is 15.9 Å². The molecule has 0 aromatic heterocycles. The van der Waals surface area contributed by atoms with E-state index in [1.54, 1.807) is 42.5 Å². The molecule has 4 amide bonds. The molecule has 1 saturated carbocycles. The fraction of sp³-hybridized carbons (Fsp3) is 0.250. The number of hydrogen-bond acceptors (Lipinski definition) is 7. The number of carbonyl (C=O) groups is 4. The highest BCUT2D eigenvalue weighted by Gasteiger charge is 2.70. The first-order chi connectivity index (χ1) is 24.2. The smallest absolute Gasteiger partial charge is 0.260 e. The number of aryl methyl sites for hydroxylation is 1. The maximum absolute atomic E-state index is 15.2. The van der Waals surface area contributed by atoms with Gasteiger partial charge in [0.1, 0.15) is 0 Å². The van der Waals surface area contributed by atoms with Gasteiger partial charge in [-0.15, -0.1) is 0 Å². The summed E-state index contributed by atoms with van der Waals surface area (Å²) in [5.74, 6) is -5.17. The Labute approximate surface area is 297 Å². The SMILES string of the molecule is COc1cccc([C@H]2C3=CC[C@@H]4C(=O)N(c5ccc(Br)cc5)C(=O)[C@@H]4[C@@H]3C[C@H]3C(=O)N(Nc4ccc(C)cc4)C(=O)[C@@]23c2ccccc2)c1O. The van der Waals surface area contributed by atoms with Gasteiger partial charge in [-0.05, 0) is 73.7 Å². The van der Waals surface area contributed by atoms with E-state index in [4.69, 9.17) is 4.74 Å². The van der Waals surface area contributed by atoms with Crippen molar-refractivity contribution in [3.63, 3.8) is 0 Å². The minimum absolute atomic E-state index is 0.145. The van der Waals surface area contributed by atoms with Crippen LogP contribution in [0.15, 0.2) is 113 Å². The van der Waals surface area contributed by atoms with Crippen molar-refractivity contribution < 1.29 is 29.0 Å². The number of imide groups is 2. The Morgan fingerprint density at radius 3 is 2.26 bits per heavy atom. The molecule has 4 aliphatic rings. The van der Waals surface area contributed by atoms with Gasteiger partial charge < -0.3 is 9.84 Å². The van der Waals surface area contributed by atoms with Crippen LogP contribution in [0.5, 0.6) is 11.5 Å². The summed E-state index contributed by atoms with van der Waals surface area (Å²) in [5, 5.41) is 12.9. The zero-order valence-corrected chi connectivity index (χ0v) is 29.0. The maximum atomic E-state index is 15.2. The number of hydrazine groups is 1. The number of carbonyl (C=O) groups excluding carboxylic acids is 4. The van der Waals surface area contributed by atoms with E-state index in [1.807, 2.05) is 67.6 Å². The quantitative estimate of drug-likeness (QED) is 0.168. The second-order valence-electron chi connectivity index (χ2n) is 13.5. The molecule has 4 aromatic rings. The Balaban J connectivity index is 1.33. The highest BCUT2D eigenvalue weighted by atomic mass is 79.9. The van der Waals surface area contributed by atoms with E-state index in [-0.39, 0.29) is 36.2 Å². The summed E-state index contributed by atoms with van der Waals surface area (Å²) < 4.78 is 6.36. The monoisotopic (exact) mass is 731 g/mol. The molecule has 4 aromatic carbocycles. The molecular weight excluding hydrogens is 698 g/mol. The third-order valence-electron chi connectivity index (χ3n) is 11.0.